The van der Waals surface area contributed by atoms with Gasteiger partial charge in [0.25, 0.3) is 0 Å². The molecule has 6 heteroatoms. The van der Waals surface area contributed by atoms with Crippen LogP contribution in [0.15, 0.2) is 0 Å². The Morgan fingerprint density at radius 3 is 2.35 bits per heavy atom. The Balaban J connectivity index is 2.60. The smallest absolute Gasteiger partial charge is 0.401 e. The maximum atomic E-state index is 12.2. The minimum atomic E-state index is -4.32. The molecule has 1 aliphatic rings. The van der Waals surface area contributed by atoms with E-state index in [-0.39, 0.29) is 0 Å². The highest BCUT2D eigenvalue weighted by molar-refractivity contribution is 5.80. The Labute approximate surface area is 98.7 Å². The number of hydrogen-bond acceptors (Lipinski definition) is 3. The van der Waals surface area contributed by atoms with Gasteiger partial charge in [0.1, 0.15) is 5.54 Å². The Kier molecular flexibility index (Phi) is 4.41. The number of alkyl halides is 3. The zero-order valence-electron chi connectivity index (χ0n) is 10.1. The van der Waals surface area contributed by atoms with E-state index in [1.54, 1.807) is 0 Å². The van der Waals surface area contributed by atoms with Gasteiger partial charge < -0.3 is 4.74 Å². The van der Waals surface area contributed by atoms with Crippen LogP contribution < -0.4 is 5.32 Å². The number of nitrogens with one attached hydrogen (secondary N) is 1. The first-order chi connectivity index (χ1) is 7.77. The SMILES string of the molecule is COC(=O)C(C)(CC1CCC1)NCC(F)(F)F. The molecular weight excluding hydrogens is 235 g/mol. The van der Waals surface area contributed by atoms with Crippen LogP contribution in [-0.2, 0) is 9.53 Å². The van der Waals surface area contributed by atoms with Gasteiger partial charge in [-0.1, -0.05) is 19.3 Å². The van der Waals surface area contributed by atoms with Gasteiger partial charge in [-0.15, -0.1) is 0 Å². The van der Waals surface area contributed by atoms with Crippen LogP contribution in [0.5, 0.6) is 0 Å². The van der Waals surface area contributed by atoms with E-state index in [0.29, 0.717) is 12.3 Å². The molecule has 1 aliphatic carbocycles. The van der Waals surface area contributed by atoms with Crippen LogP contribution in [0.25, 0.3) is 0 Å². The zero-order chi connectivity index (χ0) is 13.1. The van der Waals surface area contributed by atoms with Crippen molar-refractivity contribution in [2.24, 2.45) is 5.92 Å². The average Bonchev–Trinajstić information content (AvgIpc) is 2.18. The highest BCUT2D eigenvalue weighted by atomic mass is 19.4. The number of hydrogen-bond donors (Lipinski definition) is 1. The van der Waals surface area contributed by atoms with Gasteiger partial charge in [0.2, 0.25) is 0 Å². The molecular formula is C11H18F3NO2. The van der Waals surface area contributed by atoms with E-state index in [2.05, 4.69) is 10.1 Å². The standard InChI is InChI=1S/C11H18F3NO2/c1-10(9(16)17-2,6-8-4-3-5-8)15-7-11(12,13)14/h8,15H,3-7H2,1-2H3. The van der Waals surface area contributed by atoms with Gasteiger partial charge in [-0.25, -0.2) is 0 Å². The van der Waals surface area contributed by atoms with Crippen molar-refractivity contribution in [2.45, 2.75) is 44.3 Å². The third-order valence-electron chi connectivity index (χ3n) is 3.24. The summed E-state index contributed by atoms with van der Waals surface area (Å²) in [6.07, 6.45) is -0.896. The molecule has 0 radical (unpaired) electrons. The molecule has 17 heavy (non-hydrogen) atoms. The van der Waals surface area contributed by atoms with Crippen molar-refractivity contribution >= 4 is 5.97 Å². The summed E-state index contributed by atoms with van der Waals surface area (Å²) in [6.45, 7) is 0.300. The fourth-order valence-corrected chi connectivity index (χ4v) is 2.02. The minimum Gasteiger partial charge on any atom is -0.468 e. The number of carbonyl (C=O) groups excluding carboxylic acids is 1. The Hall–Kier alpha value is -0.780. The van der Waals surface area contributed by atoms with Gasteiger partial charge in [0.05, 0.1) is 13.7 Å². The molecule has 1 atom stereocenters. The second kappa shape index (κ2) is 5.25. The van der Waals surface area contributed by atoms with Crippen LogP contribution in [0.1, 0.15) is 32.6 Å². The predicted octanol–water partition coefficient (Wildman–Crippen LogP) is 2.26. The summed E-state index contributed by atoms with van der Waals surface area (Å²) >= 11 is 0. The summed E-state index contributed by atoms with van der Waals surface area (Å²) in [5.41, 5.74) is -1.24. The van der Waals surface area contributed by atoms with Crippen molar-refractivity contribution in [3.05, 3.63) is 0 Å². The number of esters is 1. The van der Waals surface area contributed by atoms with Crippen LogP contribution in [0, 0.1) is 5.92 Å². The van der Waals surface area contributed by atoms with Crippen molar-refractivity contribution in [3.63, 3.8) is 0 Å². The maximum Gasteiger partial charge on any atom is 0.401 e. The third kappa shape index (κ3) is 4.18. The molecule has 1 fully saturated rings. The van der Waals surface area contributed by atoms with E-state index in [1.165, 1.54) is 14.0 Å². The molecule has 3 nitrogen and oxygen atoms in total. The van der Waals surface area contributed by atoms with Crippen molar-refractivity contribution in [3.8, 4) is 0 Å². The molecule has 0 spiro atoms. The summed E-state index contributed by atoms with van der Waals surface area (Å²) in [6, 6.07) is 0. The number of carbonyl (C=O) groups is 1. The minimum absolute atomic E-state index is 0.319. The molecule has 0 bridgehead atoms. The fraction of sp³-hybridized carbons (Fsp3) is 0.909. The maximum absolute atomic E-state index is 12.2. The zero-order valence-corrected chi connectivity index (χ0v) is 10.1. The summed E-state index contributed by atoms with van der Waals surface area (Å²) in [7, 11) is 1.19. The summed E-state index contributed by atoms with van der Waals surface area (Å²) < 4.78 is 41.1. The second-order valence-corrected chi connectivity index (χ2v) is 4.79. The first-order valence-electron chi connectivity index (χ1n) is 5.67. The number of methoxy groups -OCH3 is 1. The summed E-state index contributed by atoms with van der Waals surface area (Å²) in [4.78, 5) is 11.6. The van der Waals surface area contributed by atoms with Gasteiger partial charge >= 0.3 is 12.1 Å². The van der Waals surface area contributed by atoms with Gasteiger partial charge in [-0.2, -0.15) is 13.2 Å². The molecule has 0 aromatic rings. The lowest BCUT2D eigenvalue weighted by Crippen LogP contribution is -2.54. The molecule has 0 aliphatic heterocycles. The number of ether oxygens (including phenoxy) is 1. The average molecular weight is 253 g/mol. The van der Waals surface area contributed by atoms with E-state index >= 15 is 0 Å². The van der Waals surface area contributed by atoms with E-state index < -0.39 is 24.2 Å². The molecule has 1 unspecified atom stereocenters. The van der Waals surface area contributed by atoms with Gasteiger partial charge in [-0.05, 0) is 19.3 Å². The molecule has 0 heterocycles. The summed E-state index contributed by atoms with van der Waals surface area (Å²) in [5, 5.41) is 2.29. The first kappa shape index (κ1) is 14.3. The van der Waals surface area contributed by atoms with Crippen molar-refractivity contribution in [1.29, 1.82) is 0 Å². The van der Waals surface area contributed by atoms with Crippen LogP contribution in [-0.4, -0.2) is 31.3 Å². The lowest BCUT2D eigenvalue weighted by Gasteiger charge is -2.35. The van der Waals surface area contributed by atoms with Crippen LogP contribution in [0.4, 0.5) is 13.2 Å². The van der Waals surface area contributed by atoms with Crippen molar-refractivity contribution in [2.75, 3.05) is 13.7 Å². The largest absolute Gasteiger partial charge is 0.468 e. The third-order valence-corrected chi connectivity index (χ3v) is 3.24. The quantitative estimate of drug-likeness (QED) is 0.764. The highest BCUT2D eigenvalue weighted by Crippen LogP contribution is 2.34. The van der Waals surface area contributed by atoms with Crippen LogP contribution in [0.2, 0.25) is 0 Å². The molecule has 1 rings (SSSR count). The molecule has 0 aromatic carbocycles. The Bertz CT molecular complexity index is 276. The monoisotopic (exact) mass is 253 g/mol. The highest BCUT2D eigenvalue weighted by Gasteiger charge is 2.41. The lowest BCUT2D eigenvalue weighted by atomic mass is 9.76. The van der Waals surface area contributed by atoms with Crippen molar-refractivity contribution in [1.82, 2.24) is 5.32 Å². The Morgan fingerprint density at radius 1 is 1.41 bits per heavy atom. The van der Waals surface area contributed by atoms with E-state index in [0.717, 1.165) is 19.3 Å². The van der Waals surface area contributed by atoms with Crippen molar-refractivity contribution < 1.29 is 22.7 Å². The molecule has 100 valence electrons. The second-order valence-electron chi connectivity index (χ2n) is 4.79. The van der Waals surface area contributed by atoms with Gasteiger partial charge in [-0.3, -0.25) is 10.1 Å². The van der Waals surface area contributed by atoms with Crippen LogP contribution in [0.3, 0.4) is 0 Å². The molecule has 1 N–H and O–H groups in total. The lowest BCUT2D eigenvalue weighted by molar-refractivity contribution is -0.154. The van der Waals surface area contributed by atoms with Gasteiger partial charge in [0.15, 0.2) is 0 Å². The Morgan fingerprint density at radius 2 is 2.00 bits per heavy atom. The molecule has 0 saturated heterocycles. The van der Waals surface area contributed by atoms with E-state index in [4.69, 9.17) is 0 Å². The molecule has 0 amide bonds. The normalized spacial score (nSPS) is 20.5. The number of halogens is 3. The summed E-state index contributed by atoms with van der Waals surface area (Å²) in [5.74, 6) is -0.312. The number of rotatable bonds is 5. The first-order valence-corrected chi connectivity index (χ1v) is 5.67. The molecule has 1 saturated carbocycles. The van der Waals surface area contributed by atoms with Gasteiger partial charge in [0, 0.05) is 0 Å². The fourth-order valence-electron chi connectivity index (χ4n) is 2.02. The van der Waals surface area contributed by atoms with E-state index in [1.807, 2.05) is 0 Å². The molecule has 0 aromatic heterocycles. The van der Waals surface area contributed by atoms with E-state index in [9.17, 15) is 18.0 Å². The topological polar surface area (TPSA) is 38.3 Å². The van der Waals surface area contributed by atoms with Crippen LogP contribution >= 0.6 is 0 Å². The predicted molar refractivity (Wildman–Crippen MR) is 56.4 cm³/mol.